The highest BCUT2D eigenvalue weighted by Gasteiger charge is 2.19. The van der Waals surface area contributed by atoms with Crippen LogP contribution in [0.3, 0.4) is 0 Å². The number of aromatic amines is 1. The van der Waals surface area contributed by atoms with Crippen molar-refractivity contribution in [3.63, 3.8) is 0 Å². The van der Waals surface area contributed by atoms with Crippen molar-refractivity contribution < 1.29 is 19.1 Å². The van der Waals surface area contributed by atoms with Gasteiger partial charge in [0, 0.05) is 24.0 Å². The third-order valence-electron chi connectivity index (χ3n) is 4.39. The minimum atomic E-state index is -0.670. The van der Waals surface area contributed by atoms with Gasteiger partial charge in [0.25, 0.3) is 11.5 Å². The molecule has 0 unspecified atom stereocenters. The first-order valence-electron chi connectivity index (χ1n) is 9.21. The molecule has 0 saturated heterocycles. The van der Waals surface area contributed by atoms with Crippen LogP contribution in [-0.4, -0.2) is 41.1 Å². The highest BCUT2D eigenvalue weighted by molar-refractivity contribution is 5.96. The van der Waals surface area contributed by atoms with E-state index >= 15 is 0 Å². The molecule has 3 rings (SSSR count). The summed E-state index contributed by atoms with van der Waals surface area (Å²) < 4.78 is 5.12. The van der Waals surface area contributed by atoms with Gasteiger partial charge in [-0.2, -0.15) is 5.10 Å². The number of benzene rings is 2. The zero-order chi connectivity index (χ0) is 21.5. The van der Waals surface area contributed by atoms with Crippen LogP contribution in [0.4, 0.5) is 5.69 Å². The summed E-state index contributed by atoms with van der Waals surface area (Å²) >= 11 is 0. The van der Waals surface area contributed by atoms with Crippen LogP contribution in [0.1, 0.15) is 12.1 Å². The average Bonchev–Trinajstić information content (AvgIpc) is 2.75. The molecule has 1 heterocycles. The van der Waals surface area contributed by atoms with Crippen molar-refractivity contribution in [1.29, 1.82) is 0 Å². The van der Waals surface area contributed by atoms with Gasteiger partial charge in [-0.25, -0.2) is 5.10 Å². The van der Waals surface area contributed by atoms with Gasteiger partial charge in [0.2, 0.25) is 5.91 Å². The fourth-order valence-corrected chi connectivity index (χ4v) is 2.94. The van der Waals surface area contributed by atoms with Crippen molar-refractivity contribution in [3.8, 4) is 0 Å². The molecule has 9 heteroatoms. The largest absolute Gasteiger partial charge is 0.455 e. The topological polar surface area (TPSA) is 135 Å². The molecular weight excluding hydrogens is 388 g/mol. The lowest BCUT2D eigenvalue weighted by molar-refractivity contribution is -0.147. The zero-order valence-electron chi connectivity index (χ0n) is 16.0. The van der Waals surface area contributed by atoms with Crippen molar-refractivity contribution in [3.05, 3.63) is 70.6 Å². The molecule has 0 aliphatic heterocycles. The minimum absolute atomic E-state index is 0.0259. The number of amides is 2. The van der Waals surface area contributed by atoms with Gasteiger partial charge in [-0.3, -0.25) is 19.2 Å². The van der Waals surface area contributed by atoms with Gasteiger partial charge in [0.05, 0.1) is 17.5 Å². The lowest BCUT2D eigenvalue weighted by atomic mass is 10.1. The summed E-state index contributed by atoms with van der Waals surface area (Å²) in [6, 6.07) is 15.5. The molecule has 0 atom stereocenters. The Bertz CT molecular complexity index is 1130. The van der Waals surface area contributed by atoms with Crippen LogP contribution in [0, 0.1) is 0 Å². The number of rotatable bonds is 8. The maximum Gasteiger partial charge on any atom is 0.312 e. The van der Waals surface area contributed by atoms with Crippen molar-refractivity contribution in [2.24, 2.45) is 5.73 Å². The van der Waals surface area contributed by atoms with Crippen LogP contribution in [0.2, 0.25) is 0 Å². The van der Waals surface area contributed by atoms with Crippen LogP contribution in [0.15, 0.2) is 59.4 Å². The second-order valence-electron chi connectivity index (χ2n) is 6.48. The Kier molecular flexibility index (Phi) is 6.53. The number of primary amides is 1. The van der Waals surface area contributed by atoms with E-state index in [-0.39, 0.29) is 24.9 Å². The molecule has 9 nitrogen and oxygen atoms in total. The third-order valence-corrected chi connectivity index (χ3v) is 4.39. The Labute approximate surface area is 171 Å². The number of nitrogens with two attached hydrogens (primary N) is 1. The second kappa shape index (κ2) is 9.46. The van der Waals surface area contributed by atoms with E-state index in [1.165, 1.54) is 4.90 Å². The summed E-state index contributed by atoms with van der Waals surface area (Å²) in [6.45, 7) is -0.435. The normalized spacial score (nSPS) is 10.5. The Morgan fingerprint density at radius 1 is 1.00 bits per heavy atom. The van der Waals surface area contributed by atoms with Crippen LogP contribution in [-0.2, 0) is 25.5 Å². The molecule has 0 saturated carbocycles. The van der Waals surface area contributed by atoms with Gasteiger partial charge in [0.1, 0.15) is 0 Å². The Balaban J connectivity index is 1.67. The van der Waals surface area contributed by atoms with E-state index in [4.69, 9.17) is 10.5 Å². The summed E-state index contributed by atoms with van der Waals surface area (Å²) in [5, 5.41) is 7.22. The van der Waals surface area contributed by atoms with Gasteiger partial charge < -0.3 is 15.4 Å². The zero-order valence-corrected chi connectivity index (χ0v) is 16.0. The Hall–Kier alpha value is -4.01. The number of hydrogen-bond donors (Lipinski definition) is 2. The number of anilines is 1. The predicted octanol–water partition coefficient (Wildman–Crippen LogP) is 0.917. The number of nitrogens with zero attached hydrogens (tertiary/aromatic N) is 2. The summed E-state index contributed by atoms with van der Waals surface area (Å²) in [5.41, 5.74) is 5.74. The summed E-state index contributed by atoms with van der Waals surface area (Å²) in [4.78, 5) is 49.2. The maximum absolute atomic E-state index is 12.6. The van der Waals surface area contributed by atoms with E-state index in [0.717, 1.165) is 0 Å². The Morgan fingerprint density at radius 2 is 1.67 bits per heavy atom. The van der Waals surface area contributed by atoms with Crippen molar-refractivity contribution in [2.75, 3.05) is 18.1 Å². The van der Waals surface area contributed by atoms with Gasteiger partial charge in [-0.15, -0.1) is 0 Å². The highest BCUT2D eigenvalue weighted by atomic mass is 16.5. The number of carbonyl (C=O) groups is 3. The monoisotopic (exact) mass is 408 g/mol. The first kappa shape index (κ1) is 20.7. The molecule has 3 N–H and O–H groups in total. The molecule has 3 aromatic rings. The lowest BCUT2D eigenvalue weighted by Gasteiger charge is -2.22. The minimum Gasteiger partial charge on any atom is -0.455 e. The smallest absolute Gasteiger partial charge is 0.312 e. The maximum atomic E-state index is 12.6. The van der Waals surface area contributed by atoms with Gasteiger partial charge in [-0.05, 0) is 18.2 Å². The summed E-state index contributed by atoms with van der Waals surface area (Å²) in [7, 11) is 0. The molecule has 154 valence electrons. The molecule has 0 fully saturated rings. The molecule has 0 aliphatic carbocycles. The van der Waals surface area contributed by atoms with Crippen LogP contribution >= 0.6 is 0 Å². The Morgan fingerprint density at radius 3 is 2.37 bits per heavy atom. The lowest BCUT2D eigenvalue weighted by Crippen LogP contribution is -2.37. The number of carbonyl (C=O) groups excluding carboxylic acids is 3. The van der Waals surface area contributed by atoms with Crippen LogP contribution < -0.4 is 16.2 Å². The number of H-pyrrole nitrogens is 1. The van der Waals surface area contributed by atoms with Crippen LogP contribution in [0.25, 0.3) is 10.8 Å². The van der Waals surface area contributed by atoms with E-state index in [1.54, 1.807) is 54.6 Å². The van der Waals surface area contributed by atoms with Crippen molar-refractivity contribution in [1.82, 2.24) is 10.2 Å². The second-order valence-corrected chi connectivity index (χ2v) is 6.48. The van der Waals surface area contributed by atoms with Gasteiger partial charge in [0.15, 0.2) is 6.61 Å². The van der Waals surface area contributed by atoms with Crippen molar-refractivity contribution in [2.45, 2.75) is 12.8 Å². The van der Waals surface area contributed by atoms with Gasteiger partial charge >= 0.3 is 5.97 Å². The fraction of sp³-hybridized carbons (Fsp3) is 0.190. The molecular formula is C21H20N4O5. The number of fused-ring (bicyclic) bond motifs is 1. The average molecular weight is 408 g/mol. The number of aromatic nitrogens is 2. The third kappa shape index (κ3) is 5.07. The molecule has 0 aliphatic rings. The quantitative estimate of drug-likeness (QED) is 0.532. The standard InChI is InChI=1S/C21H20N4O5/c22-18(26)10-11-25(14-6-2-1-3-7-14)19(27)13-30-20(28)12-17-15-8-4-5-9-16(15)21(29)24-23-17/h1-9H,10-13H2,(H2,22,26)(H,24,29). The molecule has 30 heavy (non-hydrogen) atoms. The molecule has 0 radical (unpaired) electrons. The van der Waals surface area contributed by atoms with Crippen molar-refractivity contribution >= 4 is 34.2 Å². The number of ether oxygens (including phenoxy) is 1. The summed E-state index contributed by atoms with van der Waals surface area (Å²) in [6.07, 6.45) is -0.237. The molecule has 0 bridgehead atoms. The first-order valence-corrected chi connectivity index (χ1v) is 9.21. The van der Waals surface area contributed by atoms with Gasteiger partial charge in [-0.1, -0.05) is 36.4 Å². The predicted molar refractivity (Wildman–Crippen MR) is 110 cm³/mol. The van der Waals surface area contributed by atoms with E-state index in [9.17, 15) is 19.2 Å². The number of hydrogen-bond acceptors (Lipinski definition) is 6. The van der Waals surface area contributed by atoms with E-state index in [2.05, 4.69) is 10.2 Å². The molecule has 0 spiro atoms. The summed E-state index contributed by atoms with van der Waals surface area (Å²) in [5.74, 6) is -1.71. The van der Waals surface area contributed by atoms with E-state index in [0.29, 0.717) is 22.2 Å². The SMILES string of the molecule is NC(=O)CCN(C(=O)COC(=O)Cc1n[nH]c(=O)c2ccccc12)c1ccccc1. The van der Waals surface area contributed by atoms with Crippen LogP contribution in [0.5, 0.6) is 0 Å². The molecule has 2 aromatic carbocycles. The molecule has 1 aromatic heterocycles. The molecule has 2 amide bonds. The fourth-order valence-electron chi connectivity index (χ4n) is 2.94. The number of esters is 1. The number of nitrogens with one attached hydrogen (secondary N) is 1. The first-order chi connectivity index (χ1) is 14.5. The number of para-hydroxylation sites is 1. The highest BCUT2D eigenvalue weighted by Crippen LogP contribution is 2.15. The van der Waals surface area contributed by atoms with E-state index in [1.807, 2.05) is 0 Å². The van der Waals surface area contributed by atoms with E-state index < -0.39 is 24.4 Å².